The summed E-state index contributed by atoms with van der Waals surface area (Å²) >= 11 is 0. The second-order valence-electron chi connectivity index (χ2n) is 14.3. The van der Waals surface area contributed by atoms with Gasteiger partial charge in [0, 0.05) is 29.8 Å². The molecule has 3 atom stereocenters. The maximum atomic E-state index is 11.8. The molecule has 0 aliphatic carbocycles. The van der Waals surface area contributed by atoms with Gasteiger partial charge in [0.05, 0.1) is 40.4 Å². The predicted octanol–water partition coefficient (Wildman–Crippen LogP) is 8.88. The van der Waals surface area contributed by atoms with Gasteiger partial charge in [-0.1, -0.05) is 11.1 Å². The molecule has 2 fully saturated rings. The fourth-order valence-corrected chi connectivity index (χ4v) is 6.50. The van der Waals surface area contributed by atoms with Gasteiger partial charge in [0.25, 0.3) is 0 Å². The monoisotopic (exact) mass is 668 g/mol. The SMILES string of the molecule is C/C(=C\COc1ccc2c(c1)OC1(C=C2)O[C@H](CC/C(C)=C/COc2c3ccoc3cc3oc(=O)ccc23)C(C)(C)O1)CCC1OC1(C)C. The van der Waals surface area contributed by atoms with E-state index in [4.69, 9.17) is 37.3 Å². The summed E-state index contributed by atoms with van der Waals surface area (Å²) in [5.41, 5.74) is 3.41. The van der Waals surface area contributed by atoms with Gasteiger partial charge in [-0.25, -0.2) is 4.79 Å². The molecular formula is C40H44O9. The number of benzene rings is 2. The number of furan rings is 1. The van der Waals surface area contributed by atoms with Crippen LogP contribution in [0.4, 0.5) is 0 Å². The predicted molar refractivity (Wildman–Crippen MR) is 187 cm³/mol. The first-order chi connectivity index (χ1) is 23.4. The highest BCUT2D eigenvalue weighted by Crippen LogP contribution is 2.45. The minimum Gasteiger partial charge on any atom is -0.489 e. The molecule has 1 spiro atoms. The summed E-state index contributed by atoms with van der Waals surface area (Å²) < 4.78 is 48.2. The highest BCUT2D eigenvalue weighted by atomic mass is 16.9. The molecule has 4 aromatic rings. The second kappa shape index (κ2) is 12.9. The van der Waals surface area contributed by atoms with Crippen LogP contribution in [0.3, 0.4) is 0 Å². The number of fused-ring (bicyclic) bond motifs is 3. The van der Waals surface area contributed by atoms with Gasteiger partial charge >= 0.3 is 11.6 Å². The van der Waals surface area contributed by atoms with Crippen molar-refractivity contribution in [2.24, 2.45) is 0 Å². The van der Waals surface area contributed by atoms with Crippen LogP contribution in [0.1, 0.15) is 72.8 Å². The molecule has 0 amide bonds. The average molecular weight is 669 g/mol. The molecule has 2 saturated heterocycles. The third-order valence-corrected chi connectivity index (χ3v) is 9.61. The van der Waals surface area contributed by atoms with Gasteiger partial charge in [0.15, 0.2) is 0 Å². The number of hydrogen-bond donors (Lipinski definition) is 0. The molecule has 9 heteroatoms. The lowest BCUT2D eigenvalue weighted by Gasteiger charge is -2.30. The maximum Gasteiger partial charge on any atom is 0.350 e. The van der Waals surface area contributed by atoms with E-state index in [1.807, 2.05) is 50.3 Å². The standard InChI is InChI=1S/C40H44O9/c1-25(7-12-34-38(3,4)47-34)16-20-42-28-10-9-27-15-19-40(46-31(27)23-28)48-35(39(5,6)49-40)13-8-26(2)17-21-44-37-29-11-14-36(41)45-33(29)24-32-30(37)18-22-43-32/h9-11,14-19,22-24,34-35H,7-8,12-13,20-21H2,1-6H3/b25-16+,26-17+/t34?,35-,40?/m1/s1. The van der Waals surface area contributed by atoms with Crippen LogP contribution in [-0.2, 0) is 14.2 Å². The summed E-state index contributed by atoms with van der Waals surface area (Å²) in [4.78, 5) is 11.8. The van der Waals surface area contributed by atoms with Crippen molar-refractivity contribution in [3.8, 4) is 17.2 Å². The molecule has 9 nitrogen and oxygen atoms in total. The first-order valence-electron chi connectivity index (χ1n) is 17.0. The highest BCUT2D eigenvalue weighted by Gasteiger charge is 2.54. The van der Waals surface area contributed by atoms with E-state index in [2.05, 4.69) is 39.8 Å². The molecule has 5 heterocycles. The first kappa shape index (κ1) is 33.2. The number of allylic oxidation sites excluding steroid dienone is 2. The van der Waals surface area contributed by atoms with E-state index in [0.29, 0.717) is 42.0 Å². The lowest BCUT2D eigenvalue weighted by molar-refractivity contribution is -0.270. The van der Waals surface area contributed by atoms with Crippen molar-refractivity contribution in [1.82, 2.24) is 0 Å². The molecule has 0 bridgehead atoms. The lowest BCUT2D eigenvalue weighted by atomic mass is 9.96. The van der Waals surface area contributed by atoms with Gasteiger partial charge < -0.3 is 37.3 Å². The molecule has 2 unspecified atom stereocenters. The van der Waals surface area contributed by atoms with E-state index in [1.165, 1.54) is 11.6 Å². The van der Waals surface area contributed by atoms with Crippen LogP contribution in [0.5, 0.6) is 17.2 Å². The normalized spacial score (nSPS) is 24.0. The zero-order chi connectivity index (χ0) is 34.4. The highest BCUT2D eigenvalue weighted by molar-refractivity contribution is 6.01. The van der Waals surface area contributed by atoms with E-state index in [1.54, 1.807) is 18.4 Å². The third-order valence-electron chi connectivity index (χ3n) is 9.61. The summed E-state index contributed by atoms with van der Waals surface area (Å²) in [7, 11) is 0. The number of epoxide rings is 1. The van der Waals surface area contributed by atoms with Crippen LogP contribution in [-0.4, -0.2) is 42.6 Å². The van der Waals surface area contributed by atoms with E-state index < -0.39 is 17.2 Å². The Bertz CT molecular complexity index is 2010. The second-order valence-corrected chi connectivity index (χ2v) is 14.3. The van der Waals surface area contributed by atoms with E-state index in [-0.39, 0.29) is 11.7 Å². The Morgan fingerprint density at radius 1 is 0.816 bits per heavy atom. The molecule has 0 radical (unpaired) electrons. The molecule has 0 saturated carbocycles. The van der Waals surface area contributed by atoms with Crippen LogP contribution < -0.4 is 19.8 Å². The van der Waals surface area contributed by atoms with Crippen LogP contribution >= 0.6 is 0 Å². The Labute approximate surface area is 286 Å². The molecule has 3 aliphatic rings. The van der Waals surface area contributed by atoms with Crippen molar-refractivity contribution in [2.45, 2.75) is 96.6 Å². The van der Waals surface area contributed by atoms with E-state index in [9.17, 15) is 4.79 Å². The van der Waals surface area contributed by atoms with Crippen LogP contribution in [0.25, 0.3) is 28.0 Å². The molecule has 3 aliphatic heterocycles. The maximum absolute atomic E-state index is 11.8. The number of rotatable bonds is 12. The Morgan fingerprint density at radius 2 is 1.51 bits per heavy atom. The van der Waals surface area contributed by atoms with Crippen LogP contribution in [0.15, 0.2) is 91.7 Å². The number of ether oxygens (including phenoxy) is 6. The summed E-state index contributed by atoms with van der Waals surface area (Å²) in [5, 5.41) is 1.54. The quantitative estimate of drug-likeness (QED) is 0.0832. The lowest BCUT2D eigenvalue weighted by Crippen LogP contribution is -2.38. The Hall–Kier alpha value is -4.31. The van der Waals surface area contributed by atoms with Gasteiger partial charge in [-0.2, -0.15) is 0 Å². The van der Waals surface area contributed by atoms with Gasteiger partial charge in [-0.3, -0.25) is 0 Å². The largest absolute Gasteiger partial charge is 0.489 e. The van der Waals surface area contributed by atoms with Crippen molar-refractivity contribution in [1.29, 1.82) is 0 Å². The van der Waals surface area contributed by atoms with Crippen LogP contribution in [0, 0.1) is 0 Å². The van der Waals surface area contributed by atoms with Crippen molar-refractivity contribution < 1.29 is 37.3 Å². The van der Waals surface area contributed by atoms with Gasteiger partial charge in [-0.15, -0.1) is 0 Å². The fourth-order valence-electron chi connectivity index (χ4n) is 6.50. The van der Waals surface area contributed by atoms with E-state index in [0.717, 1.165) is 53.3 Å². The summed E-state index contributed by atoms with van der Waals surface area (Å²) in [5.74, 6) is 0.681. The zero-order valence-corrected chi connectivity index (χ0v) is 29.0. The summed E-state index contributed by atoms with van der Waals surface area (Å²) in [6.45, 7) is 13.4. The third kappa shape index (κ3) is 7.20. The van der Waals surface area contributed by atoms with Crippen molar-refractivity contribution in [2.75, 3.05) is 13.2 Å². The van der Waals surface area contributed by atoms with Crippen molar-refractivity contribution in [3.05, 3.63) is 94.1 Å². The van der Waals surface area contributed by atoms with Gasteiger partial charge in [-0.05, 0) is 110 Å². The Kier molecular flexibility index (Phi) is 8.71. The van der Waals surface area contributed by atoms with E-state index >= 15 is 0 Å². The Morgan fingerprint density at radius 3 is 2.24 bits per heavy atom. The Balaban J connectivity index is 0.939. The molecule has 258 valence electrons. The topological polar surface area (TPSA) is 102 Å². The molecule has 2 aromatic heterocycles. The molecule has 49 heavy (non-hydrogen) atoms. The first-order valence-corrected chi connectivity index (χ1v) is 17.0. The zero-order valence-electron chi connectivity index (χ0n) is 29.0. The minimum absolute atomic E-state index is 0.0251. The molecule has 2 aromatic carbocycles. The van der Waals surface area contributed by atoms with Gasteiger partial charge in [0.2, 0.25) is 0 Å². The fraction of sp³-hybridized carbons (Fsp3) is 0.425. The minimum atomic E-state index is -1.31. The number of hydrogen-bond acceptors (Lipinski definition) is 9. The summed E-state index contributed by atoms with van der Waals surface area (Å²) in [6, 6.07) is 12.5. The van der Waals surface area contributed by atoms with Gasteiger partial charge in [0.1, 0.15) is 41.6 Å². The molecule has 0 N–H and O–H groups in total. The molecule has 7 rings (SSSR count). The van der Waals surface area contributed by atoms with Crippen molar-refractivity contribution in [3.63, 3.8) is 0 Å². The molecular weight excluding hydrogens is 624 g/mol. The smallest absolute Gasteiger partial charge is 0.350 e. The average Bonchev–Trinajstić information content (AvgIpc) is 3.31. The van der Waals surface area contributed by atoms with Crippen molar-refractivity contribution >= 4 is 28.0 Å². The van der Waals surface area contributed by atoms with Crippen LogP contribution in [0.2, 0.25) is 0 Å². The summed E-state index contributed by atoms with van der Waals surface area (Å²) in [6.07, 6.45) is 13.3.